The third-order valence-corrected chi connectivity index (χ3v) is 3.01. The van der Waals surface area contributed by atoms with Crippen molar-refractivity contribution in [3.8, 4) is 5.75 Å². The van der Waals surface area contributed by atoms with Gasteiger partial charge in [-0.15, -0.1) is 0 Å². The Hall–Kier alpha value is -2.60. The van der Waals surface area contributed by atoms with E-state index in [0.29, 0.717) is 16.4 Å². The predicted octanol–water partition coefficient (Wildman–Crippen LogP) is 2.54. The summed E-state index contributed by atoms with van der Waals surface area (Å²) in [5, 5.41) is 12.7. The molecule has 6 nitrogen and oxygen atoms in total. The Morgan fingerprint density at radius 2 is 2.09 bits per heavy atom. The van der Waals surface area contributed by atoms with Crippen LogP contribution in [0.2, 0.25) is 5.02 Å². The Morgan fingerprint density at radius 1 is 1.32 bits per heavy atom. The van der Waals surface area contributed by atoms with E-state index < -0.39 is 18.5 Å². The van der Waals surface area contributed by atoms with E-state index in [4.69, 9.17) is 16.3 Å². The minimum atomic E-state index is -0.777. The Balaban J connectivity index is 1.92. The van der Waals surface area contributed by atoms with Crippen molar-refractivity contribution in [1.29, 1.82) is 0 Å². The fourth-order valence-electron chi connectivity index (χ4n) is 1.66. The van der Waals surface area contributed by atoms with Gasteiger partial charge >= 0.3 is 5.97 Å². The van der Waals surface area contributed by atoms with Crippen molar-refractivity contribution < 1.29 is 19.4 Å². The van der Waals surface area contributed by atoms with Gasteiger partial charge in [-0.05, 0) is 30.7 Å². The van der Waals surface area contributed by atoms with Crippen molar-refractivity contribution in [1.82, 2.24) is 4.98 Å². The quantitative estimate of drug-likeness (QED) is 0.845. The lowest BCUT2D eigenvalue weighted by Crippen LogP contribution is -2.21. The third kappa shape index (κ3) is 3.95. The second-order valence-corrected chi connectivity index (χ2v) is 4.89. The molecule has 2 N–H and O–H groups in total. The van der Waals surface area contributed by atoms with E-state index in [-0.39, 0.29) is 11.3 Å². The minimum absolute atomic E-state index is 0.0115. The average molecular weight is 321 g/mol. The Kier molecular flexibility index (Phi) is 4.95. The summed E-state index contributed by atoms with van der Waals surface area (Å²) in [5.41, 5.74) is 0.557. The number of ether oxygens (including phenoxy) is 1. The second-order valence-electron chi connectivity index (χ2n) is 4.46. The summed E-state index contributed by atoms with van der Waals surface area (Å²) < 4.78 is 4.86. The van der Waals surface area contributed by atoms with Gasteiger partial charge in [0.2, 0.25) is 0 Å². The van der Waals surface area contributed by atoms with Crippen molar-refractivity contribution >= 4 is 29.3 Å². The molecule has 0 saturated carbocycles. The van der Waals surface area contributed by atoms with Gasteiger partial charge in [0.1, 0.15) is 17.1 Å². The normalized spacial score (nSPS) is 10.1. The molecule has 0 bridgehead atoms. The molecule has 0 spiro atoms. The van der Waals surface area contributed by atoms with Gasteiger partial charge in [0.15, 0.2) is 6.61 Å². The number of phenols is 1. The monoisotopic (exact) mass is 320 g/mol. The van der Waals surface area contributed by atoms with E-state index in [1.807, 2.05) is 0 Å². The molecule has 1 heterocycles. The molecule has 1 aromatic heterocycles. The number of anilines is 1. The summed E-state index contributed by atoms with van der Waals surface area (Å²) in [6.07, 6.45) is 1.38. The maximum atomic E-state index is 11.8. The molecule has 0 fully saturated rings. The summed E-state index contributed by atoms with van der Waals surface area (Å²) >= 11 is 5.68. The van der Waals surface area contributed by atoms with Crippen molar-refractivity contribution in [2.24, 2.45) is 0 Å². The highest BCUT2D eigenvalue weighted by atomic mass is 35.5. The number of para-hydroxylation sites is 1. The van der Waals surface area contributed by atoms with Crippen LogP contribution in [0.15, 0.2) is 36.5 Å². The first-order valence-electron chi connectivity index (χ1n) is 6.34. The maximum absolute atomic E-state index is 11.8. The number of aryl methyl sites for hydroxylation is 1. The number of carbonyl (C=O) groups is 2. The molecule has 2 rings (SSSR count). The zero-order valence-electron chi connectivity index (χ0n) is 11.7. The predicted molar refractivity (Wildman–Crippen MR) is 81.0 cm³/mol. The van der Waals surface area contributed by atoms with Crippen LogP contribution in [0.1, 0.15) is 15.9 Å². The largest absolute Gasteiger partial charge is 0.507 e. The first kappa shape index (κ1) is 15.8. The highest BCUT2D eigenvalue weighted by Crippen LogP contribution is 2.22. The SMILES string of the molecule is Cc1cccc(C(=O)OCC(=O)Nc2ccc(Cl)cn2)c1O. The molecule has 22 heavy (non-hydrogen) atoms. The molecule has 0 aliphatic rings. The van der Waals surface area contributed by atoms with Crippen LogP contribution in [0.25, 0.3) is 0 Å². The van der Waals surface area contributed by atoms with Gasteiger partial charge in [-0.2, -0.15) is 0 Å². The summed E-state index contributed by atoms with van der Waals surface area (Å²) in [7, 11) is 0. The molecule has 1 amide bonds. The lowest BCUT2D eigenvalue weighted by atomic mass is 10.1. The number of nitrogens with zero attached hydrogens (tertiary/aromatic N) is 1. The number of carbonyl (C=O) groups excluding carboxylic acids is 2. The molecular formula is C15H13ClN2O4. The zero-order valence-corrected chi connectivity index (χ0v) is 12.4. The van der Waals surface area contributed by atoms with Crippen molar-refractivity contribution in [2.75, 3.05) is 11.9 Å². The lowest BCUT2D eigenvalue weighted by molar-refractivity contribution is -0.119. The van der Waals surface area contributed by atoms with Gasteiger partial charge in [0, 0.05) is 6.20 Å². The number of amides is 1. The van der Waals surface area contributed by atoms with E-state index in [1.165, 1.54) is 18.3 Å². The molecule has 1 aromatic carbocycles. The van der Waals surface area contributed by atoms with E-state index in [9.17, 15) is 14.7 Å². The van der Waals surface area contributed by atoms with E-state index >= 15 is 0 Å². The first-order valence-corrected chi connectivity index (χ1v) is 6.72. The Bertz CT molecular complexity index is 701. The number of hydrogen-bond acceptors (Lipinski definition) is 5. The number of nitrogens with one attached hydrogen (secondary N) is 1. The van der Waals surface area contributed by atoms with Crippen molar-refractivity contribution in [3.05, 3.63) is 52.7 Å². The second kappa shape index (κ2) is 6.91. The molecule has 0 aliphatic heterocycles. The number of hydrogen-bond donors (Lipinski definition) is 2. The molecule has 0 radical (unpaired) electrons. The number of esters is 1. The number of benzene rings is 1. The fourth-order valence-corrected chi connectivity index (χ4v) is 1.77. The number of aromatic hydroxyl groups is 1. The highest BCUT2D eigenvalue weighted by molar-refractivity contribution is 6.30. The Labute approximate surface area is 131 Å². The van der Waals surface area contributed by atoms with E-state index in [0.717, 1.165) is 0 Å². The topological polar surface area (TPSA) is 88.5 Å². The van der Waals surface area contributed by atoms with Crippen LogP contribution < -0.4 is 5.32 Å². The molecule has 0 unspecified atom stereocenters. The molecule has 0 saturated heterocycles. The van der Waals surface area contributed by atoms with Crippen LogP contribution in [0.3, 0.4) is 0 Å². The first-order chi connectivity index (χ1) is 10.5. The summed E-state index contributed by atoms with van der Waals surface area (Å²) in [6, 6.07) is 7.78. The van der Waals surface area contributed by atoms with Crippen molar-refractivity contribution in [3.63, 3.8) is 0 Å². The number of halogens is 1. The molecule has 114 valence electrons. The van der Waals surface area contributed by atoms with Crippen LogP contribution in [-0.2, 0) is 9.53 Å². The van der Waals surface area contributed by atoms with E-state index in [2.05, 4.69) is 10.3 Å². The Morgan fingerprint density at radius 3 is 2.77 bits per heavy atom. The van der Waals surface area contributed by atoms with Crippen LogP contribution in [0.4, 0.5) is 5.82 Å². The zero-order chi connectivity index (χ0) is 16.1. The number of phenolic OH excluding ortho intramolecular Hbond substituents is 1. The number of pyridine rings is 1. The fraction of sp³-hybridized carbons (Fsp3) is 0.133. The van der Waals surface area contributed by atoms with Gasteiger partial charge in [0.05, 0.1) is 5.02 Å². The average Bonchev–Trinajstić information content (AvgIpc) is 2.50. The van der Waals surface area contributed by atoms with Gasteiger partial charge in [-0.3, -0.25) is 4.79 Å². The molecule has 7 heteroatoms. The third-order valence-electron chi connectivity index (χ3n) is 2.79. The standard InChI is InChI=1S/C15H13ClN2O4/c1-9-3-2-4-11(14(9)20)15(21)22-8-13(19)18-12-6-5-10(16)7-17-12/h2-7,20H,8H2,1H3,(H,17,18,19). The molecular weight excluding hydrogens is 308 g/mol. The smallest absolute Gasteiger partial charge is 0.342 e. The van der Waals surface area contributed by atoms with Crippen LogP contribution in [0.5, 0.6) is 5.75 Å². The van der Waals surface area contributed by atoms with Crippen LogP contribution in [0, 0.1) is 6.92 Å². The summed E-state index contributed by atoms with van der Waals surface area (Å²) in [6.45, 7) is 1.17. The maximum Gasteiger partial charge on any atom is 0.342 e. The minimum Gasteiger partial charge on any atom is -0.507 e. The highest BCUT2D eigenvalue weighted by Gasteiger charge is 2.15. The molecule has 0 atom stereocenters. The van der Waals surface area contributed by atoms with Gasteiger partial charge in [-0.1, -0.05) is 23.7 Å². The van der Waals surface area contributed by atoms with Crippen LogP contribution >= 0.6 is 11.6 Å². The van der Waals surface area contributed by atoms with Gasteiger partial charge in [0.25, 0.3) is 5.91 Å². The lowest BCUT2D eigenvalue weighted by Gasteiger charge is -2.08. The molecule has 0 aliphatic carbocycles. The molecule has 2 aromatic rings. The van der Waals surface area contributed by atoms with Crippen molar-refractivity contribution in [2.45, 2.75) is 6.92 Å². The number of rotatable bonds is 4. The van der Waals surface area contributed by atoms with Gasteiger partial charge in [-0.25, -0.2) is 9.78 Å². The van der Waals surface area contributed by atoms with E-state index in [1.54, 1.807) is 25.1 Å². The number of aromatic nitrogens is 1. The van der Waals surface area contributed by atoms with Gasteiger partial charge < -0.3 is 15.2 Å². The summed E-state index contributed by atoms with van der Waals surface area (Å²) in [4.78, 5) is 27.4. The van der Waals surface area contributed by atoms with Crippen LogP contribution in [-0.4, -0.2) is 28.6 Å². The summed E-state index contributed by atoms with van der Waals surface area (Å²) in [5.74, 6) is -1.19.